The largest absolute Gasteiger partial charge is 0.465 e. The van der Waals surface area contributed by atoms with Gasteiger partial charge in [-0.1, -0.05) is 20.8 Å². The van der Waals surface area contributed by atoms with Crippen LogP contribution in [0.15, 0.2) is 42.6 Å². The highest BCUT2D eigenvalue weighted by Crippen LogP contribution is 2.21. The van der Waals surface area contributed by atoms with Crippen molar-refractivity contribution in [1.29, 1.82) is 0 Å². The molecule has 1 heterocycles. The van der Waals surface area contributed by atoms with Crippen molar-refractivity contribution in [3.8, 4) is 0 Å². The van der Waals surface area contributed by atoms with Gasteiger partial charge in [0.25, 0.3) is 5.91 Å². The summed E-state index contributed by atoms with van der Waals surface area (Å²) in [5, 5.41) is 2.80. The topological polar surface area (TPSA) is 68.3 Å². The maximum absolute atomic E-state index is 12.3. The Morgan fingerprint density at radius 2 is 1.70 bits per heavy atom. The molecule has 0 spiro atoms. The summed E-state index contributed by atoms with van der Waals surface area (Å²) in [6.07, 6.45) is 1.63. The second kappa shape index (κ2) is 6.60. The lowest BCUT2D eigenvalue weighted by atomic mass is 9.91. The number of amides is 1. The number of hydrogen-bond donors (Lipinski definition) is 1. The number of hydrogen-bond acceptors (Lipinski definition) is 4. The standard InChI is InChI=1S/C18H20N2O3/c1-18(2,3)15-11-13(9-10-19-15)16(21)20-14-7-5-12(6-8-14)17(22)23-4/h5-11H,1-4H3,(H,20,21). The van der Waals surface area contributed by atoms with Gasteiger partial charge in [0.05, 0.1) is 12.7 Å². The van der Waals surface area contributed by atoms with E-state index in [-0.39, 0.29) is 11.3 Å². The lowest BCUT2D eigenvalue weighted by Crippen LogP contribution is -2.17. The molecule has 0 aliphatic rings. The molecule has 5 nitrogen and oxygen atoms in total. The van der Waals surface area contributed by atoms with Gasteiger partial charge in [0.1, 0.15) is 0 Å². The van der Waals surface area contributed by atoms with Gasteiger partial charge >= 0.3 is 5.97 Å². The van der Waals surface area contributed by atoms with E-state index >= 15 is 0 Å². The summed E-state index contributed by atoms with van der Waals surface area (Å²) in [5.74, 6) is -0.629. The Labute approximate surface area is 135 Å². The molecule has 0 saturated heterocycles. The summed E-state index contributed by atoms with van der Waals surface area (Å²) in [7, 11) is 1.33. The molecule has 0 aliphatic carbocycles. The number of ether oxygens (including phenoxy) is 1. The molecule has 1 aromatic carbocycles. The Hall–Kier alpha value is -2.69. The van der Waals surface area contributed by atoms with Crippen LogP contribution in [0.1, 0.15) is 47.2 Å². The first kappa shape index (κ1) is 16.7. The van der Waals surface area contributed by atoms with Gasteiger partial charge in [-0.15, -0.1) is 0 Å². The number of nitrogens with one attached hydrogen (secondary N) is 1. The van der Waals surface area contributed by atoms with Crippen molar-refractivity contribution in [1.82, 2.24) is 4.98 Å². The minimum absolute atomic E-state index is 0.127. The first-order valence-corrected chi connectivity index (χ1v) is 7.27. The minimum Gasteiger partial charge on any atom is -0.465 e. The zero-order chi connectivity index (χ0) is 17.0. The first-order chi connectivity index (χ1) is 10.8. The predicted octanol–water partition coefficient (Wildman–Crippen LogP) is 3.42. The maximum Gasteiger partial charge on any atom is 0.337 e. The summed E-state index contributed by atoms with van der Waals surface area (Å²) in [4.78, 5) is 28.0. The molecule has 0 saturated carbocycles. The molecular formula is C18H20N2O3. The van der Waals surface area contributed by atoms with Crippen molar-refractivity contribution in [2.45, 2.75) is 26.2 Å². The van der Waals surface area contributed by atoms with Gasteiger partial charge in [-0.3, -0.25) is 9.78 Å². The molecule has 2 aromatic rings. The molecule has 0 atom stereocenters. The van der Waals surface area contributed by atoms with E-state index in [1.165, 1.54) is 7.11 Å². The fourth-order valence-electron chi connectivity index (χ4n) is 1.99. The Kier molecular flexibility index (Phi) is 4.79. The summed E-state index contributed by atoms with van der Waals surface area (Å²) < 4.78 is 4.64. The third-order valence-electron chi connectivity index (χ3n) is 3.35. The molecule has 0 bridgehead atoms. The van der Waals surface area contributed by atoms with Crippen LogP contribution >= 0.6 is 0 Å². The van der Waals surface area contributed by atoms with Crippen LogP contribution in [-0.4, -0.2) is 24.0 Å². The van der Waals surface area contributed by atoms with Gasteiger partial charge in [0.15, 0.2) is 0 Å². The summed E-state index contributed by atoms with van der Waals surface area (Å²) in [6.45, 7) is 6.13. The summed E-state index contributed by atoms with van der Waals surface area (Å²) in [5.41, 5.74) is 2.31. The Bertz CT molecular complexity index is 716. The van der Waals surface area contributed by atoms with Crippen LogP contribution in [0, 0.1) is 0 Å². The number of pyridine rings is 1. The monoisotopic (exact) mass is 312 g/mol. The second-order valence-corrected chi connectivity index (χ2v) is 6.20. The van der Waals surface area contributed by atoms with Crippen molar-refractivity contribution < 1.29 is 14.3 Å². The molecule has 0 fully saturated rings. The van der Waals surface area contributed by atoms with Crippen LogP contribution in [0.2, 0.25) is 0 Å². The first-order valence-electron chi connectivity index (χ1n) is 7.27. The summed E-state index contributed by atoms with van der Waals surface area (Å²) in [6, 6.07) is 10.0. The third kappa shape index (κ3) is 4.16. The highest BCUT2D eigenvalue weighted by atomic mass is 16.5. The van der Waals surface area contributed by atoms with Crippen LogP contribution in [0.5, 0.6) is 0 Å². The van der Waals surface area contributed by atoms with Crippen molar-refractivity contribution in [2.75, 3.05) is 12.4 Å². The van der Waals surface area contributed by atoms with Gasteiger partial charge in [-0.25, -0.2) is 4.79 Å². The third-order valence-corrected chi connectivity index (χ3v) is 3.35. The van der Waals surface area contributed by atoms with Crippen molar-refractivity contribution in [3.05, 3.63) is 59.4 Å². The lowest BCUT2D eigenvalue weighted by molar-refractivity contribution is 0.0600. The molecule has 0 aliphatic heterocycles. The predicted molar refractivity (Wildman–Crippen MR) is 88.7 cm³/mol. The number of aromatic nitrogens is 1. The number of nitrogens with zero attached hydrogens (tertiary/aromatic N) is 1. The SMILES string of the molecule is COC(=O)c1ccc(NC(=O)c2ccnc(C(C)(C)C)c2)cc1. The fourth-order valence-corrected chi connectivity index (χ4v) is 1.99. The van der Waals surface area contributed by atoms with E-state index in [4.69, 9.17) is 0 Å². The number of carbonyl (C=O) groups excluding carboxylic acids is 2. The number of methoxy groups -OCH3 is 1. The smallest absolute Gasteiger partial charge is 0.337 e. The highest BCUT2D eigenvalue weighted by molar-refractivity contribution is 6.04. The Balaban J connectivity index is 2.15. The highest BCUT2D eigenvalue weighted by Gasteiger charge is 2.17. The van der Waals surface area contributed by atoms with Crippen LogP contribution in [0.3, 0.4) is 0 Å². The molecule has 120 valence electrons. The van der Waals surface area contributed by atoms with Gasteiger partial charge < -0.3 is 10.1 Å². The fraction of sp³-hybridized carbons (Fsp3) is 0.278. The molecule has 5 heteroatoms. The van der Waals surface area contributed by atoms with Gasteiger partial charge in [0, 0.05) is 28.6 Å². The molecule has 1 aromatic heterocycles. The number of anilines is 1. The van der Waals surface area contributed by atoms with Crippen LogP contribution in [0.4, 0.5) is 5.69 Å². The Morgan fingerprint density at radius 1 is 1.04 bits per heavy atom. The number of esters is 1. The normalized spacial score (nSPS) is 11.0. The molecule has 1 N–H and O–H groups in total. The minimum atomic E-state index is -0.410. The van der Waals surface area contributed by atoms with E-state index < -0.39 is 5.97 Å². The maximum atomic E-state index is 12.3. The molecule has 23 heavy (non-hydrogen) atoms. The van der Waals surface area contributed by atoms with Gasteiger partial charge in [0.2, 0.25) is 0 Å². The molecule has 2 rings (SSSR count). The van der Waals surface area contributed by atoms with Gasteiger partial charge in [-0.2, -0.15) is 0 Å². The quantitative estimate of drug-likeness (QED) is 0.882. The average Bonchev–Trinajstić information content (AvgIpc) is 2.54. The molecular weight excluding hydrogens is 292 g/mol. The lowest BCUT2D eigenvalue weighted by Gasteiger charge is -2.18. The van der Waals surface area contributed by atoms with E-state index in [9.17, 15) is 9.59 Å². The number of benzene rings is 1. The molecule has 0 unspecified atom stereocenters. The Morgan fingerprint density at radius 3 is 2.26 bits per heavy atom. The van der Waals surface area contributed by atoms with E-state index in [0.29, 0.717) is 16.8 Å². The second-order valence-electron chi connectivity index (χ2n) is 6.20. The van der Waals surface area contributed by atoms with E-state index in [0.717, 1.165) is 5.69 Å². The van der Waals surface area contributed by atoms with Gasteiger partial charge in [-0.05, 0) is 36.4 Å². The van der Waals surface area contributed by atoms with Crippen LogP contribution < -0.4 is 5.32 Å². The van der Waals surface area contributed by atoms with Crippen LogP contribution in [0.25, 0.3) is 0 Å². The van der Waals surface area contributed by atoms with Crippen molar-refractivity contribution in [3.63, 3.8) is 0 Å². The van der Waals surface area contributed by atoms with Crippen molar-refractivity contribution >= 4 is 17.6 Å². The number of rotatable bonds is 3. The summed E-state index contributed by atoms with van der Waals surface area (Å²) >= 11 is 0. The van der Waals surface area contributed by atoms with E-state index in [2.05, 4.69) is 15.0 Å². The molecule has 1 amide bonds. The van der Waals surface area contributed by atoms with Crippen molar-refractivity contribution in [2.24, 2.45) is 0 Å². The van der Waals surface area contributed by atoms with E-state index in [1.54, 1.807) is 42.6 Å². The average molecular weight is 312 g/mol. The van der Waals surface area contributed by atoms with Crippen LogP contribution in [-0.2, 0) is 10.2 Å². The zero-order valence-corrected chi connectivity index (χ0v) is 13.7. The molecule has 0 radical (unpaired) electrons. The zero-order valence-electron chi connectivity index (χ0n) is 13.7. The number of carbonyl (C=O) groups is 2. The van der Waals surface area contributed by atoms with E-state index in [1.807, 2.05) is 20.8 Å².